The molecule has 0 fully saturated rings. The van der Waals surface area contributed by atoms with Crippen molar-refractivity contribution in [3.05, 3.63) is 58.9 Å². The first kappa shape index (κ1) is 21.3. The van der Waals surface area contributed by atoms with E-state index in [9.17, 15) is 4.79 Å². The van der Waals surface area contributed by atoms with E-state index in [0.29, 0.717) is 22.3 Å². The zero-order valence-electron chi connectivity index (χ0n) is 18.5. The van der Waals surface area contributed by atoms with Crippen LogP contribution in [-0.2, 0) is 31.4 Å². The molecule has 9 heteroatoms. The van der Waals surface area contributed by atoms with Crippen LogP contribution in [0.25, 0.3) is 22.3 Å². The fraction of sp³-hybridized carbons (Fsp3) is 0.292. The van der Waals surface area contributed by atoms with Gasteiger partial charge in [0.05, 0.1) is 23.8 Å². The molecule has 5 rings (SSSR count). The van der Waals surface area contributed by atoms with Crippen molar-refractivity contribution in [1.29, 1.82) is 0 Å². The van der Waals surface area contributed by atoms with Gasteiger partial charge >= 0.3 is 6.09 Å². The number of fused-ring (bicyclic) bond motifs is 3. The Balaban J connectivity index is 1.26. The third-order valence-corrected chi connectivity index (χ3v) is 6.08. The van der Waals surface area contributed by atoms with E-state index >= 15 is 0 Å². The highest BCUT2D eigenvalue weighted by atomic mass is 35.5. The summed E-state index contributed by atoms with van der Waals surface area (Å²) in [7, 11) is 3.32. The number of amides is 1. The molecule has 0 unspecified atom stereocenters. The summed E-state index contributed by atoms with van der Waals surface area (Å²) in [6.45, 7) is 1.17. The van der Waals surface area contributed by atoms with Gasteiger partial charge in [-0.25, -0.2) is 9.78 Å². The SMILES string of the molecule is COc1cc(Cl)ccc1-c1cc(NC(=O)OCc2ccc3c(c2)nc2n3CCCC2)n(C)n1. The molecule has 0 atom stereocenters. The van der Waals surface area contributed by atoms with E-state index in [1.54, 1.807) is 37.0 Å². The maximum Gasteiger partial charge on any atom is 0.413 e. The quantitative estimate of drug-likeness (QED) is 0.439. The molecule has 0 aliphatic carbocycles. The highest BCUT2D eigenvalue weighted by Crippen LogP contribution is 2.32. The third kappa shape index (κ3) is 4.26. The minimum absolute atomic E-state index is 0.152. The van der Waals surface area contributed by atoms with Gasteiger partial charge < -0.3 is 14.0 Å². The van der Waals surface area contributed by atoms with Gasteiger partial charge in [-0.15, -0.1) is 0 Å². The van der Waals surface area contributed by atoms with Crippen molar-refractivity contribution in [2.24, 2.45) is 7.05 Å². The Morgan fingerprint density at radius 3 is 2.91 bits per heavy atom. The topological polar surface area (TPSA) is 83.2 Å². The van der Waals surface area contributed by atoms with Crippen LogP contribution in [0.4, 0.5) is 10.6 Å². The molecule has 1 amide bonds. The Hall–Kier alpha value is -3.52. The second kappa shape index (κ2) is 8.78. The van der Waals surface area contributed by atoms with Gasteiger partial charge in [0.25, 0.3) is 0 Å². The Kier molecular flexibility index (Phi) is 5.68. The van der Waals surface area contributed by atoms with Crippen LogP contribution in [0.5, 0.6) is 5.75 Å². The van der Waals surface area contributed by atoms with Crippen LogP contribution >= 0.6 is 11.6 Å². The summed E-state index contributed by atoms with van der Waals surface area (Å²) in [6.07, 6.45) is 2.82. The molecular formula is C24H24ClN5O3. The molecule has 170 valence electrons. The van der Waals surface area contributed by atoms with Crippen LogP contribution in [0.1, 0.15) is 24.2 Å². The smallest absolute Gasteiger partial charge is 0.413 e. The molecule has 1 aliphatic rings. The Bertz CT molecular complexity index is 1340. The average molecular weight is 466 g/mol. The van der Waals surface area contributed by atoms with Crippen molar-refractivity contribution in [1.82, 2.24) is 19.3 Å². The van der Waals surface area contributed by atoms with Gasteiger partial charge in [-0.3, -0.25) is 10.00 Å². The van der Waals surface area contributed by atoms with Crippen molar-refractivity contribution in [3.63, 3.8) is 0 Å². The molecule has 0 saturated heterocycles. The molecule has 0 bridgehead atoms. The molecule has 1 aliphatic heterocycles. The lowest BCUT2D eigenvalue weighted by Gasteiger charge is -2.13. The van der Waals surface area contributed by atoms with E-state index in [0.717, 1.165) is 41.0 Å². The summed E-state index contributed by atoms with van der Waals surface area (Å²) < 4.78 is 14.7. The molecule has 8 nitrogen and oxygen atoms in total. The minimum atomic E-state index is -0.558. The van der Waals surface area contributed by atoms with Crippen LogP contribution in [-0.4, -0.2) is 32.5 Å². The molecule has 4 aromatic rings. The number of carbonyl (C=O) groups excluding carboxylic acids is 1. The summed E-state index contributed by atoms with van der Waals surface area (Å²) in [6, 6.07) is 13.1. The van der Waals surface area contributed by atoms with Gasteiger partial charge in [0.2, 0.25) is 0 Å². The van der Waals surface area contributed by atoms with Crippen molar-refractivity contribution in [2.45, 2.75) is 32.4 Å². The van der Waals surface area contributed by atoms with Gasteiger partial charge in [-0.2, -0.15) is 5.10 Å². The van der Waals surface area contributed by atoms with E-state index in [1.807, 2.05) is 18.2 Å². The van der Waals surface area contributed by atoms with E-state index in [4.69, 9.17) is 26.1 Å². The number of carbonyl (C=O) groups is 1. The molecule has 0 radical (unpaired) electrons. The maximum atomic E-state index is 12.4. The van der Waals surface area contributed by atoms with Gasteiger partial charge in [0.1, 0.15) is 24.0 Å². The predicted octanol–water partition coefficient (Wildman–Crippen LogP) is 5.18. The number of nitrogens with zero attached hydrogens (tertiary/aromatic N) is 4. The lowest BCUT2D eigenvalue weighted by Crippen LogP contribution is -2.15. The molecule has 0 spiro atoms. The van der Waals surface area contributed by atoms with Crippen molar-refractivity contribution in [3.8, 4) is 17.0 Å². The Morgan fingerprint density at radius 1 is 1.18 bits per heavy atom. The van der Waals surface area contributed by atoms with Gasteiger partial charge in [0.15, 0.2) is 0 Å². The monoisotopic (exact) mass is 465 g/mol. The van der Waals surface area contributed by atoms with Gasteiger partial charge in [-0.05, 0) is 48.7 Å². The van der Waals surface area contributed by atoms with Crippen LogP contribution in [0, 0.1) is 0 Å². The normalized spacial score (nSPS) is 13.1. The zero-order valence-corrected chi connectivity index (χ0v) is 19.2. The molecule has 1 N–H and O–H groups in total. The van der Waals surface area contributed by atoms with Gasteiger partial charge in [0, 0.05) is 36.7 Å². The second-order valence-electron chi connectivity index (χ2n) is 8.04. The average Bonchev–Trinajstić information content (AvgIpc) is 3.37. The highest BCUT2D eigenvalue weighted by Gasteiger charge is 2.16. The Labute approximate surface area is 196 Å². The molecule has 2 aromatic carbocycles. The summed E-state index contributed by atoms with van der Waals surface area (Å²) in [5.74, 6) is 2.24. The van der Waals surface area contributed by atoms with Gasteiger partial charge in [-0.1, -0.05) is 17.7 Å². The third-order valence-electron chi connectivity index (χ3n) is 5.84. The number of benzene rings is 2. The molecule has 0 saturated carbocycles. The second-order valence-corrected chi connectivity index (χ2v) is 8.48. The molecular weight excluding hydrogens is 442 g/mol. The first-order valence-corrected chi connectivity index (χ1v) is 11.2. The van der Waals surface area contributed by atoms with Crippen LogP contribution in [0.3, 0.4) is 0 Å². The summed E-state index contributed by atoms with van der Waals surface area (Å²) >= 11 is 6.05. The fourth-order valence-corrected chi connectivity index (χ4v) is 4.35. The summed E-state index contributed by atoms with van der Waals surface area (Å²) in [5.41, 5.74) is 4.40. The lowest BCUT2D eigenvalue weighted by atomic mass is 10.1. The molecule has 3 heterocycles. The predicted molar refractivity (Wildman–Crippen MR) is 127 cm³/mol. The van der Waals surface area contributed by atoms with Crippen molar-refractivity contribution in [2.75, 3.05) is 12.4 Å². The number of imidazole rings is 1. The number of methoxy groups -OCH3 is 1. The minimum Gasteiger partial charge on any atom is -0.496 e. The maximum absolute atomic E-state index is 12.4. The number of rotatable bonds is 5. The largest absolute Gasteiger partial charge is 0.496 e. The number of halogens is 1. The molecule has 33 heavy (non-hydrogen) atoms. The molecule has 2 aromatic heterocycles. The number of hydrogen-bond donors (Lipinski definition) is 1. The number of anilines is 1. The standard InChI is InChI=1S/C24H24ClN5O3/c1-29-23(13-18(28-29)17-8-7-16(25)12-21(17)32-2)27-24(31)33-14-15-6-9-20-19(11-15)26-22-5-3-4-10-30(20)22/h6-9,11-13H,3-5,10,14H2,1-2H3,(H,27,31). The van der Waals surface area contributed by atoms with Crippen molar-refractivity contribution >= 4 is 34.5 Å². The van der Waals surface area contributed by atoms with Crippen molar-refractivity contribution < 1.29 is 14.3 Å². The van der Waals surface area contributed by atoms with Crippen LogP contribution < -0.4 is 10.1 Å². The van der Waals surface area contributed by atoms with E-state index in [-0.39, 0.29) is 6.61 Å². The van der Waals surface area contributed by atoms with Crippen LogP contribution in [0.2, 0.25) is 5.02 Å². The van der Waals surface area contributed by atoms with E-state index in [1.165, 1.54) is 12.8 Å². The first-order valence-electron chi connectivity index (χ1n) is 10.8. The Morgan fingerprint density at radius 2 is 2.06 bits per heavy atom. The number of nitrogens with one attached hydrogen (secondary N) is 1. The number of aromatic nitrogens is 4. The van der Waals surface area contributed by atoms with Crippen LogP contribution in [0.15, 0.2) is 42.5 Å². The number of ether oxygens (including phenoxy) is 2. The van der Waals surface area contributed by atoms with E-state index in [2.05, 4.69) is 21.0 Å². The number of aryl methyl sites for hydroxylation is 3. The fourth-order valence-electron chi connectivity index (χ4n) is 4.19. The lowest BCUT2D eigenvalue weighted by molar-refractivity contribution is 0.155. The number of hydrogen-bond acceptors (Lipinski definition) is 5. The highest BCUT2D eigenvalue weighted by molar-refractivity contribution is 6.30. The zero-order chi connectivity index (χ0) is 22.9. The first-order chi connectivity index (χ1) is 16.0. The van der Waals surface area contributed by atoms with E-state index < -0.39 is 6.09 Å². The summed E-state index contributed by atoms with van der Waals surface area (Å²) in [4.78, 5) is 17.2. The summed E-state index contributed by atoms with van der Waals surface area (Å²) in [5, 5.41) is 7.79.